The largest absolute Gasteiger partial charge is 0.324 e. The van der Waals surface area contributed by atoms with Crippen LogP contribution < -0.4 is 10.2 Å². The van der Waals surface area contributed by atoms with E-state index in [4.69, 9.17) is 12.2 Å². The third-order valence-corrected chi connectivity index (χ3v) is 6.86. The summed E-state index contributed by atoms with van der Waals surface area (Å²) in [6.07, 6.45) is 0.768. The predicted octanol–water partition coefficient (Wildman–Crippen LogP) is 4.27. The van der Waals surface area contributed by atoms with Crippen molar-refractivity contribution in [1.29, 1.82) is 0 Å². The molecule has 0 saturated carbocycles. The Labute approximate surface area is 196 Å². The van der Waals surface area contributed by atoms with E-state index in [9.17, 15) is 14.4 Å². The lowest BCUT2D eigenvalue weighted by atomic mass is 10.1. The number of thiocarbonyl (C=S) groups is 1. The minimum Gasteiger partial charge on any atom is -0.324 e. The number of hydrogen-bond donors (Lipinski definition) is 1. The van der Waals surface area contributed by atoms with Crippen molar-refractivity contribution < 1.29 is 14.4 Å². The van der Waals surface area contributed by atoms with Crippen molar-refractivity contribution in [3.63, 3.8) is 0 Å². The van der Waals surface area contributed by atoms with Crippen molar-refractivity contribution in [3.05, 3.63) is 64.1 Å². The molecule has 0 aliphatic carbocycles. The minimum absolute atomic E-state index is 0.151. The summed E-state index contributed by atoms with van der Waals surface area (Å²) in [6, 6.07) is 13.0. The van der Waals surface area contributed by atoms with Crippen LogP contribution >= 0.6 is 24.0 Å². The first-order valence-electron chi connectivity index (χ1n) is 10.4. The molecule has 3 amide bonds. The molecule has 1 fully saturated rings. The number of fused-ring (bicyclic) bond motifs is 1. The lowest BCUT2D eigenvalue weighted by Crippen LogP contribution is -2.35. The highest BCUT2D eigenvalue weighted by atomic mass is 32.2. The number of amides is 3. The van der Waals surface area contributed by atoms with Crippen molar-refractivity contribution in [2.75, 3.05) is 23.3 Å². The number of benzene rings is 2. The predicted molar refractivity (Wildman–Crippen MR) is 132 cm³/mol. The molecular weight excluding hydrogens is 442 g/mol. The van der Waals surface area contributed by atoms with Gasteiger partial charge in [0.2, 0.25) is 5.91 Å². The molecule has 8 heteroatoms. The van der Waals surface area contributed by atoms with E-state index in [0.717, 1.165) is 35.0 Å². The van der Waals surface area contributed by atoms with Gasteiger partial charge in [-0.25, -0.2) is 0 Å². The molecule has 32 heavy (non-hydrogen) atoms. The van der Waals surface area contributed by atoms with E-state index >= 15 is 0 Å². The van der Waals surface area contributed by atoms with Crippen LogP contribution in [0.3, 0.4) is 0 Å². The number of nitrogens with zero attached hydrogens (tertiary/aromatic N) is 2. The topological polar surface area (TPSA) is 69.7 Å². The number of nitrogens with one attached hydrogen (secondary N) is 1. The molecule has 164 valence electrons. The summed E-state index contributed by atoms with van der Waals surface area (Å²) >= 11 is 6.53. The molecule has 2 heterocycles. The third-order valence-electron chi connectivity index (χ3n) is 5.42. The van der Waals surface area contributed by atoms with Crippen LogP contribution in [-0.4, -0.2) is 40.0 Å². The zero-order valence-electron chi connectivity index (χ0n) is 18.1. The van der Waals surface area contributed by atoms with Gasteiger partial charge in [0.1, 0.15) is 10.9 Å². The number of anilines is 2. The molecule has 0 bridgehead atoms. The molecule has 0 unspecified atom stereocenters. The third kappa shape index (κ3) is 3.96. The molecule has 1 saturated heterocycles. The monoisotopic (exact) mass is 465 g/mol. The van der Waals surface area contributed by atoms with Crippen molar-refractivity contribution >= 4 is 63.0 Å². The molecule has 2 aliphatic heterocycles. The highest BCUT2D eigenvalue weighted by Crippen LogP contribution is 2.44. The molecule has 0 aromatic heterocycles. The van der Waals surface area contributed by atoms with E-state index in [0.29, 0.717) is 32.6 Å². The summed E-state index contributed by atoms with van der Waals surface area (Å²) in [4.78, 5) is 42.6. The first-order chi connectivity index (χ1) is 15.3. The summed E-state index contributed by atoms with van der Waals surface area (Å²) in [6.45, 7) is 6.21. The molecule has 2 aromatic carbocycles. The average molecular weight is 466 g/mol. The Bertz CT molecular complexity index is 1190. The molecule has 2 aromatic rings. The van der Waals surface area contributed by atoms with Gasteiger partial charge in [-0.15, -0.1) is 0 Å². The molecule has 2 aliphatic rings. The summed E-state index contributed by atoms with van der Waals surface area (Å²) in [5, 5.41) is 2.90. The van der Waals surface area contributed by atoms with Gasteiger partial charge in [0.25, 0.3) is 11.8 Å². The van der Waals surface area contributed by atoms with Gasteiger partial charge in [-0.05, 0) is 43.5 Å². The molecule has 0 spiro atoms. The van der Waals surface area contributed by atoms with Crippen molar-refractivity contribution in [2.45, 2.75) is 27.2 Å². The van der Waals surface area contributed by atoms with Crippen molar-refractivity contribution in [1.82, 2.24) is 4.90 Å². The van der Waals surface area contributed by atoms with E-state index in [2.05, 4.69) is 5.32 Å². The van der Waals surface area contributed by atoms with Crippen LogP contribution in [0, 0.1) is 13.8 Å². The van der Waals surface area contributed by atoms with Gasteiger partial charge in [-0.3, -0.25) is 24.2 Å². The average Bonchev–Trinajstić information content (AvgIpc) is 3.19. The van der Waals surface area contributed by atoms with E-state index in [1.165, 1.54) is 9.80 Å². The quantitative estimate of drug-likeness (QED) is 0.528. The fourth-order valence-electron chi connectivity index (χ4n) is 3.83. The first kappa shape index (κ1) is 22.2. The Kier molecular flexibility index (Phi) is 6.17. The maximum absolute atomic E-state index is 13.4. The lowest BCUT2D eigenvalue weighted by molar-refractivity contribution is -0.122. The summed E-state index contributed by atoms with van der Waals surface area (Å²) in [7, 11) is 0. The zero-order chi connectivity index (χ0) is 23.0. The zero-order valence-corrected chi connectivity index (χ0v) is 19.7. The number of carbonyl (C=O) groups is 3. The van der Waals surface area contributed by atoms with Crippen LogP contribution in [0.4, 0.5) is 11.4 Å². The van der Waals surface area contributed by atoms with E-state index in [-0.39, 0.29) is 24.3 Å². The fraction of sp³-hybridized carbons (Fsp3) is 0.250. The highest BCUT2D eigenvalue weighted by Gasteiger charge is 2.42. The van der Waals surface area contributed by atoms with Gasteiger partial charge in [0.05, 0.1) is 16.2 Å². The maximum Gasteiger partial charge on any atom is 0.267 e. The standard InChI is InChI=1S/C24H23N3O3S2/c1-4-11-26-23(30)21(32-24(26)31)20-16-7-5-6-8-18(16)27(22(20)29)13-19(28)25-17-12-14(2)9-10-15(17)3/h5-10,12H,4,11,13H2,1-3H3,(H,25,28)/b21-20+. The lowest BCUT2D eigenvalue weighted by Gasteiger charge is -2.17. The molecule has 4 rings (SSSR count). The summed E-state index contributed by atoms with van der Waals surface area (Å²) in [5.74, 6) is -0.914. The maximum atomic E-state index is 13.4. The smallest absolute Gasteiger partial charge is 0.267 e. The number of carbonyl (C=O) groups excluding carboxylic acids is 3. The van der Waals surface area contributed by atoms with Gasteiger partial charge < -0.3 is 5.32 Å². The second kappa shape index (κ2) is 8.88. The molecule has 0 radical (unpaired) electrons. The SMILES string of the molecule is CCCN1C(=O)/C(=C2\C(=O)N(CC(=O)Nc3cc(C)ccc3C)c3ccccc32)SC1=S. The van der Waals surface area contributed by atoms with Gasteiger partial charge in [0, 0.05) is 17.8 Å². The molecule has 1 N–H and O–H groups in total. The number of thioether (sulfide) groups is 1. The van der Waals surface area contributed by atoms with Gasteiger partial charge >= 0.3 is 0 Å². The second-order valence-corrected chi connectivity index (χ2v) is 9.45. The van der Waals surface area contributed by atoms with E-state index in [1.807, 2.05) is 51.1 Å². The molecular formula is C24H23N3O3S2. The van der Waals surface area contributed by atoms with Gasteiger partial charge in [-0.2, -0.15) is 0 Å². The first-order valence-corrected chi connectivity index (χ1v) is 11.6. The Morgan fingerprint density at radius 3 is 2.56 bits per heavy atom. The number of para-hydroxylation sites is 1. The van der Waals surface area contributed by atoms with Gasteiger partial charge in [0.15, 0.2) is 0 Å². The fourth-order valence-corrected chi connectivity index (χ4v) is 5.21. The highest BCUT2D eigenvalue weighted by molar-refractivity contribution is 8.26. The molecule has 0 atom stereocenters. The summed E-state index contributed by atoms with van der Waals surface area (Å²) in [5.41, 5.74) is 4.27. The Morgan fingerprint density at radius 1 is 1.06 bits per heavy atom. The number of aryl methyl sites for hydroxylation is 2. The van der Waals surface area contributed by atoms with Crippen LogP contribution in [0.25, 0.3) is 5.57 Å². The summed E-state index contributed by atoms with van der Waals surface area (Å²) < 4.78 is 0.454. The van der Waals surface area contributed by atoms with Crippen LogP contribution in [0.1, 0.15) is 30.0 Å². The van der Waals surface area contributed by atoms with E-state index in [1.54, 1.807) is 12.1 Å². The normalized spacial score (nSPS) is 17.9. The Morgan fingerprint density at radius 2 is 1.81 bits per heavy atom. The van der Waals surface area contributed by atoms with Crippen LogP contribution in [0.15, 0.2) is 47.4 Å². The minimum atomic E-state index is -0.362. The number of hydrogen-bond acceptors (Lipinski definition) is 5. The van der Waals surface area contributed by atoms with Gasteiger partial charge in [-0.1, -0.05) is 61.2 Å². The number of rotatable bonds is 5. The van der Waals surface area contributed by atoms with Crippen LogP contribution in [0.2, 0.25) is 0 Å². The van der Waals surface area contributed by atoms with E-state index < -0.39 is 0 Å². The van der Waals surface area contributed by atoms with Crippen molar-refractivity contribution in [3.8, 4) is 0 Å². The molecule has 6 nitrogen and oxygen atoms in total. The van der Waals surface area contributed by atoms with Crippen LogP contribution in [0.5, 0.6) is 0 Å². The Balaban J connectivity index is 1.65. The Hall–Kier alpha value is -2.97. The van der Waals surface area contributed by atoms with Crippen LogP contribution in [-0.2, 0) is 14.4 Å². The second-order valence-electron chi connectivity index (χ2n) is 7.80. The van der Waals surface area contributed by atoms with Crippen molar-refractivity contribution in [2.24, 2.45) is 0 Å².